The number of carbonyl (C=O) groups is 1. The van der Waals surface area contributed by atoms with Gasteiger partial charge in [-0.05, 0) is 29.8 Å². The Bertz CT molecular complexity index is 955. The molecule has 0 spiro atoms. The molecule has 138 valence electrons. The Balaban J connectivity index is 1.46. The molecule has 1 atom stereocenters. The van der Waals surface area contributed by atoms with Crippen LogP contribution in [0.5, 0.6) is 5.75 Å². The molecular weight excluding hydrogens is 349 g/mol. The van der Waals surface area contributed by atoms with E-state index in [0.717, 1.165) is 11.3 Å². The van der Waals surface area contributed by atoms with Crippen molar-refractivity contribution in [2.45, 2.75) is 18.9 Å². The topological polar surface area (TPSA) is 68.5 Å². The number of nitrogens with zero attached hydrogens (tertiary/aromatic N) is 3. The third-order valence-electron chi connectivity index (χ3n) is 4.62. The van der Waals surface area contributed by atoms with Crippen molar-refractivity contribution in [3.05, 3.63) is 65.8 Å². The van der Waals surface area contributed by atoms with Crippen molar-refractivity contribution in [2.24, 2.45) is 0 Å². The molecule has 1 unspecified atom stereocenters. The van der Waals surface area contributed by atoms with Gasteiger partial charge in [0.2, 0.25) is 17.6 Å². The number of carbonyl (C=O) groups excluding carboxylic acids is 1. The smallest absolute Gasteiger partial charge is 0.232 e. The highest BCUT2D eigenvalue weighted by Crippen LogP contribution is 2.30. The fourth-order valence-corrected chi connectivity index (χ4v) is 3.19. The summed E-state index contributed by atoms with van der Waals surface area (Å²) in [6.07, 6.45) is 0.320. The third-order valence-corrected chi connectivity index (χ3v) is 4.62. The molecule has 0 N–H and O–H groups in total. The Kier molecular flexibility index (Phi) is 4.58. The summed E-state index contributed by atoms with van der Waals surface area (Å²) in [4.78, 5) is 18.5. The molecule has 6 nitrogen and oxygen atoms in total. The Labute approximate surface area is 155 Å². The molecule has 3 aromatic rings. The maximum atomic E-state index is 13.4. The van der Waals surface area contributed by atoms with E-state index < -0.39 is 0 Å². The normalized spacial score (nSPS) is 16.7. The lowest BCUT2D eigenvalue weighted by Crippen LogP contribution is -2.24. The summed E-state index contributed by atoms with van der Waals surface area (Å²) < 4.78 is 23.9. The fourth-order valence-electron chi connectivity index (χ4n) is 3.19. The molecule has 0 bridgehead atoms. The first kappa shape index (κ1) is 17.2. The van der Waals surface area contributed by atoms with E-state index in [1.807, 2.05) is 24.3 Å². The first-order valence-corrected chi connectivity index (χ1v) is 8.62. The van der Waals surface area contributed by atoms with Gasteiger partial charge in [-0.2, -0.15) is 4.98 Å². The minimum absolute atomic E-state index is 0.0429. The second-order valence-corrected chi connectivity index (χ2v) is 6.49. The van der Waals surface area contributed by atoms with Crippen LogP contribution in [0.25, 0.3) is 11.4 Å². The zero-order valence-corrected chi connectivity index (χ0v) is 14.8. The van der Waals surface area contributed by atoms with Gasteiger partial charge < -0.3 is 14.2 Å². The first-order chi connectivity index (χ1) is 13.1. The average molecular weight is 367 g/mol. The molecule has 1 aromatic heterocycles. The monoisotopic (exact) mass is 367 g/mol. The van der Waals surface area contributed by atoms with Crippen molar-refractivity contribution in [1.29, 1.82) is 0 Å². The summed E-state index contributed by atoms with van der Waals surface area (Å²) in [5.41, 5.74) is 1.57. The zero-order chi connectivity index (χ0) is 18.8. The van der Waals surface area contributed by atoms with E-state index in [-0.39, 0.29) is 17.6 Å². The second-order valence-electron chi connectivity index (χ2n) is 6.49. The van der Waals surface area contributed by atoms with Crippen molar-refractivity contribution in [3.8, 4) is 17.1 Å². The van der Waals surface area contributed by atoms with Gasteiger partial charge in [0.05, 0.1) is 13.0 Å². The molecule has 1 aliphatic rings. The summed E-state index contributed by atoms with van der Waals surface area (Å²) in [6.45, 7) is 1.03. The minimum atomic E-state index is -0.361. The van der Waals surface area contributed by atoms with Crippen LogP contribution in [0.15, 0.2) is 53.1 Å². The van der Waals surface area contributed by atoms with E-state index in [1.54, 1.807) is 24.1 Å². The molecular formula is C20H18FN3O3. The van der Waals surface area contributed by atoms with Crippen LogP contribution in [-0.4, -0.2) is 34.6 Å². The molecule has 1 amide bonds. The lowest BCUT2D eigenvalue weighted by molar-refractivity contribution is -0.128. The van der Waals surface area contributed by atoms with Crippen molar-refractivity contribution in [3.63, 3.8) is 0 Å². The van der Waals surface area contributed by atoms with Gasteiger partial charge in [-0.15, -0.1) is 0 Å². The predicted molar refractivity (Wildman–Crippen MR) is 95.5 cm³/mol. The zero-order valence-electron chi connectivity index (χ0n) is 14.8. The van der Waals surface area contributed by atoms with Crippen LogP contribution in [0.3, 0.4) is 0 Å². The second kappa shape index (κ2) is 7.19. The van der Waals surface area contributed by atoms with Crippen LogP contribution >= 0.6 is 0 Å². The van der Waals surface area contributed by atoms with Crippen LogP contribution in [0, 0.1) is 5.82 Å². The van der Waals surface area contributed by atoms with E-state index in [9.17, 15) is 9.18 Å². The molecule has 1 fully saturated rings. The fraction of sp³-hybridized carbons (Fsp3) is 0.250. The standard InChI is InChI=1S/C20H18FN3O3/c1-26-17-7-5-13(6-8-17)11-24-12-15(10-18(24)25)20-22-19(23-27-20)14-3-2-4-16(21)9-14/h2-9,15H,10-12H2,1H3. The number of ether oxygens (including phenoxy) is 1. The molecule has 4 rings (SSSR count). The van der Waals surface area contributed by atoms with Gasteiger partial charge in [0.1, 0.15) is 11.6 Å². The lowest BCUT2D eigenvalue weighted by Gasteiger charge is -2.16. The predicted octanol–water partition coefficient (Wildman–Crippen LogP) is 3.40. The van der Waals surface area contributed by atoms with Gasteiger partial charge in [-0.1, -0.05) is 29.4 Å². The first-order valence-electron chi connectivity index (χ1n) is 8.62. The summed E-state index contributed by atoms with van der Waals surface area (Å²) in [7, 11) is 1.62. The van der Waals surface area contributed by atoms with Crippen LogP contribution in [0.2, 0.25) is 0 Å². The van der Waals surface area contributed by atoms with E-state index >= 15 is 0 Å². The highest BCUT2D eigenvalue weighted by molar-refractivity contribution is 5.79. The summed E-state index contributed by atoms with van der Waals surface area (Å²) in [5.74, 6) is 1.03. The van der Waals surface area contributed by atoms with E-state index in [0.29, 0.717) is 36.8 Å². The van der Waals surface area contributed by atoms with Crippen molar-refractivity contribution in [2.75, 3.05) is 13.7 Å². The van der Waals surface area contributed by atoms with E-state index in [2.05, 4.69) is 10.1 Å². The quantitative estimate of drug-likeness (QED) is 0.691. The largest absolute Gasteiger partial charge is 0.497 e. The maximum Gasteiger partial charge on any atom is 0.232 e. The molecule has 1 saturated heterocycles. The number of hydrogen-bond acceptors (Lipinski definition) is 5. The molecule has 0 radical (unpaired) electrons. The molecule has 27 heavy (non-hydrogen) atoms. The number of rotatable bonds is 5. The SMILES string of the molecule is COc1ccc(CN2CC(c3nc(-c4cccc(F)c4)no3)CC2=O)cc1. The molecule has 0 saturated carbocycles. The van der Waals surface area contributed by atoms with Crippen LogP contribution < -0.4 is 4.74 Å². The number of amides is 1. The Morgan fingerprint density at radius 2 is 2.07 bits per heavy atom. The summed E-state index contributed by atoms with van der Waals surface area (Å²) in [6, 6.07) is 13.6. The van der Waals surface area contributed by atoms with Gasteiger partial charge in [-0.25, -0.2) is 4.39 Å². The Morgan fingerprint density at radius 1 is 1.26 bits per heavy atom. The summed E-state index contributed by atoms with van der Waals surface area (Å²) in [5, 5.41) is 3.93. The van der Waals surface area contributed by atoms with Gasteiger partial charge in [0, 0.05) is 25.1 Å². The molecule has 1 aliphatic heterocycles. The number of benzene rings is 2. The summed E-state index contributed by atoms with van der Waals surface area (Å²) >= 11 is 0. The highest BCUT2D eigenvalue weighted by atomic mass is 19.1. The number of hydrogen-bond donors (Lipinski definition) is 0. The highest BCUT2D eigenvalue weighted by Gasteiger charge is 2.34. The van der Waals surface area contributed by atoms with Crippen LogP contribution in [0.1, 0.15) is 23.8 Å². The number of likely N-dealkylation sites (tertiary alicyclic amines) is 1. The van der Waals surface area contributed by atoms with Crippen molar-refractivity contribution in [1.82, 2.24) is 15.0 Å². The van der Waals surface area contributed by atoms with Gasteiger partial charge in [-0.3, -0.25) is 4.79 Å². The minimum Gasteiger partial charge on any atom is -0.497 e. The van der Waals surface area contributed by atoms with Crippen LogP contribution in [-0.2, 0) is 11.3 Å². The Morgan fingerprint density at radius 3 is 2.81 bits per heavy atom. The number of halogens is 1. The van der Waals surface area contributed by atoms with E-state index in [1.165, 1.54) is 12.1 Å². The van der Waals surface area contributed by atoms with Gasteiger partial charge >= 0.3 is 0 Å². The molecule has 2 heterocycles. The maximum absolute atomic E-state index is 13.4. The van der Waals surface area contributed by atoms with E-state index in [4.69, 9.17) is 9.26 Å². The average Bonchev–Trinajstić information content (AvgIpc) is 3.30. The number of methoxy groups -OCH3 is 1. The Hall–Kier alpha value is -3.22. The van der Waals surface area contributed by atoms with Crippen LogP contribution in [0.4, 0.5) is 4.39 Å². The van der Waals surface area contributed by atoms with Gasteiger partial charge in [0.15, 0.2) is 0 Å². The molecule has 2 aromatic carbocycles. The van der Waals surface area contributed by atoms with Gasteiger partial charge in [0.25, 0.3) is 0 Å². The molecule has 7 heteroatoms. The van der Waals surface area contributed by atoms with Crippen molar-refractivity contribution >= 4 is 5.91 Å². The van der Waals surface area contributed by atoms with Crippen molar-refractivity contribution < 1.29 is 18.4 Å². The lowest BCUT2D eigenvalue weighted by atomic mass is 10.1. The number of aromatic nitrogens is 2. The molecule has 0 aliphatic carbocycles. The third kappa shape index (κ3) is 3.67.